The van der Waals surface area contributed by atoms with Gasteiger partial charge < -0.3 is 10.6 Å². The standard InChI is InChI=1S/C17H20N2O2S/c1-12(2)15(19-16(20)14-9-6-10-22-14)17(21)18-11-13-7-4-3-5-8-13/h3-10,12,15H,11H2,1-2H3,(H,18,21)(H,19,20). The van der Waals surface area contributed by atoms with Crippen LogP contribution in [0.3, 0.4) is 0 Å². The van der Waals surface area contributed by atoms with E-state index >= 15 is 0 Å². The van der Waals surface area contributed by atoms with Gasteiger partial charge >= 0.3 is 0 Å². The van der Waals surface area contributed by atoms with Crippen LogP contribution < -0.4 is 10.6 Å². The Kier molecular flexibility index (Phi) is 5.72. The maximum atomic E-state index is 12.3. The molecule has 0 aliphatic heterocycles. The predicted molar refractivity (Wildman–Crippen MR) is 88.7 cm³/mol. The zero-order valence-corrected chi connectivity index (χ0v) is 13.5. The first-order valence-corrected chi connectivity index (χ1v) is 8.12. The lowest BCUT2D eigenvalue weighted by Crippen LogP contribution is -2.49. The van der Waals surface area contributed by atoms with Gasteiger partial charge in [0.2, 0.25) is 5.91 Å². The molecule has 0 bridgehead atoms. The molecule has 2 amide bonds. The van der Waals surface area contributed by atoms with E-state index in [2.05, 4.69) is 10.6 Å². The number of nitrogens with one attached hydrogen (secondary N) is 2. The molecule has 1 heterocycles. The van der Waals surface area contributed by atoms with E-state index in [1.54, 1.807) is 6.07 Å². The second-order valence-electron chi connectivity index (χ2n) is 5.38. The van der Waals surface area contributed by atoms with E-state index in [1.807, 2.05) is 55.6 Å². The third-order valence-corrected chi connectivity index (χ3v) is 4.16. The van der Waals surface area contributed by atoms with Crippen molar-refractivity contribution >= 4 is 23.2 Å². The molecule has 0 spiro atoms. The maximum absolute atomic E-state index is 12.3. The summed E-state index contributed by atoms with van der Waals surface area (Å²) in [7, 11) is 0. The van der Waals surface area contributed by atoms with Crippen LogP contribution in [0.1, 0.15) is 29.1 Å². The molecule has 1 aromatic carbocycles. The summed E-state index contributed by atoms with van der Waals surface area (Å²) in [5, 5.41) is 7.54. The molecule has 1 aromatic heterocycles. The Morgan fingerprint density at radius 2 is 1.82 bits per heavy atom. The van der Waals surface area contributed by atoms with Gasteiger partial charge in [-0.3, -0.25) is 9.59 Å². The minimum Gasteiger partial charge on any atom is -0.350 e. The Labute approximate surface area is 134 Å². The second kappa shape index (κ2) is 7.75. The lowest BCUT2D eigenvalue weighted by molar-refractivity contribution is -0.124. The summed E-state index contributed by atoms with van der Waals surface area (Å²) in [6.07, 6.45) is 0. The number of amides is 2. The predicted octanol–water partition coefficient (Wildman–Crippen LogP) is 2.82. The Hall–Kier alpha value is -2.14. The number of rotatable bonds is 6. The molecule has 1 atom stereocenters. The molecule has 0 aliphatic carbocycles. The minimum atomic E-state index is -0.543. The van der Waals surface area contributed by atoms with Gasteiger partial charge in [-0.05, 0) is 22.9 Å². The fraction of sp³-hybridized carbons (Fsp3) is 0.294. The third kappa shape index (κ3) is 4.43. The number of thiophene rings is 1. The number of hydrogen-bond donors (Lipinski definition) is 2. The fourth-order valence-corrected chi connectivity index (χ4v) is 2.68. The van der Waals surface area contributed by atoms with Gasteiger partial charge in [-0.15, -0.1) is 11.3 Å². The highest BCUT2D eigenvalue weighted by molar-refractivity contribution is 7.12. The molecule has 4 nitrogen and oxygen atoms in total. The number of carbonyl (C=O) groups is 2. The maximum Gasteiger partial charge on any atom is 0.262 e. The van der Waals surface area contributed by atoms with Gasteiger partial charge in [-0.25, -0.2) is 0 Å². The van der Waals surface area contributed by atoms with Crippen molar-refractivity contribution in [2.45, 2.75) is 26.4 Å². The van der Waals surface area contributed by atoms with Crippen LogP contribution in [0.2, 0.25) is 0 Å². The SMILES string of the molecule is CC(C)C(NC(=O)c1cccs1)C(=O)NCc1ccccc1. The Bertz CT molecular complexity index is 609. The molecule has 0 saturated carbocycles. The van der Waals surface area contributed by atoms with Gasteiger partial charge in [-0.1, -0.05) is 50.2 Å². The highest BCUT2D eigenvalue weighted by atomic mass is 32.1. The van der Waals surface area contributed by atoms with Crippen LogP contribution >= 0.6 is 11.3 Å². The highest BCUT2D eigenvalue weighted by Crippen LogP contribution is 2.10. The van der Waals surface area contributed by atoms with E-state index in [-0.39, 0.29) is 17.7 Å². The molecule has 22 heavy (non-hydrogen) atoms. The molecular formula is C17H20N2O2S. The molecule has 0 radical (unpaired) electrons. The third-order valence-electron chi connectivity index (χ3n) is 3.29. The van der Waals surface area contributed by atoms with E-state index in [1.165, 1.54) is 11.3 Å². The van der Waals surface area contributed by atoms with E-state index in [0.717, 1.165) is 5.56 Å². The first kappa shape index (κ1) is 16.2. The van der Waals surface area contributed by atoms with Crippen molar-refractivity contribution in [1.82, 2.24) is 10.6 Å². The monoisotopic (exact) mass is 316 g/mol. The first-order chi connectivity index (χ1) is 10.6. The second-order valence-corrected chi connectivity index (χ2v) is 6.32. The van der Waals surface area contributed by atoms with Crippen molar-refractivity contribution in [3.63, 3.8) is 0 Å². The molecule has 0 aliphatic rings. The number of benzene rings is 1. The van der Waals surface area contributed by atoms with Gasteiger partial charge in [0, 0.05) is 6.54 Å². The van der Waals surface area contributed by atoms with Crippen LogP contribution in [0.4, 0.5) is 0 Å². The highest BCUT2D eigenvalue weighted by Gasteiger charge is 2.24. The van der Waals surface area contributed by atoms with Gasteiger partial charge in [0.1, 0.15) is 6.04 Å². The number of hydrogen-bond acceptors (Lipinski definition) is 3. The van der Waals surface area contributed by atoms with E-state index < -0.39 is 6.04 Å². The normalized spacial score (nSPS) is 12.0. The van der Waals surface area contributed by atoms with Crippen LogP contribution in [0, 0.1) is 5.92 Å². The molecule has 0 saturated heterocycles. The lowest BCUT2D eigenvalue weighted by Gasteiger charge is -2.21. The van der Waals surface area contributed by atoms with Crippen molar-refractivity contribution in [2.24, 2.45) is 5.92 Å². The van der Waals surface area contributed by atoms with E-state index in [0.29, 0.717) is 11.4 Å². The average molecular weight is 316 g/mol. The van der Waals surface area contributed by atoms with Gasteiger partial charge in [0.25, 0.3) is 5.91 Å². The number of carbonyl (C=O) groups excluding carboxylic acids is 2. The van der Waals surface area contributed by atoms with Crippen LogP contribution in [0.15, 0.2) is 47.8 Å². The average Bonchev–Trinajstić information content (AvgIpc) is 3.05. The van der Waals surface area contributed by atoms with Crippen LogP contribution in [0.5, 0.6) is 0 Å². The van der Waals surface area contributed by atoms with E-state index in [9.17, 15) is 9.59 Å². The fourth-order valence-electron chi connectivity index (χ4n) is 2.05. The van der Waals surface area contributed by atoms with Crippen molar-refractivity contribution in [2.75, 3.05) is 0 Å². The molecule has 2 rings (SSSR count). The molecular weight excluding hydrogens is 296 g/mol. The summed E-state index contributed by atoms with van der Waals surface area (Å²) in [5.74, 6) is -0.355. The zero-order chi connectivity index (χ0) is 15.9. The Morgan fingerprint density at radius 1 is 1.09 bits per heavy atom. The topological polar surface area (TPSA) is 58.2 Å². The molecule has 5 heteroatoms. The van der Waals surface area contributed by atoms with Crippen molar-refractivity contribution < 1.29 is 9.59 Å². The van der Waals surface area contributed by atoms with Crippen molar-refractivity contribution in [1.29, 1.82) is 0 Å². The zero-order valence-electron chi connectivity index (χ0n) is 12.7. The van der Waals surface area contributed by atoms with Crippen LogP contribution in [-0.2, 0) is 11.3 Å². The molecule has 2 aromatic rings. The smallest absolute Gasteiger partial charge is 0.262 e. The van der Waals surface area contributed by atoms with Gasteiger partial charge in [0.15, 0.2) is 0 Å². The van der Waals surface area contributed by atoms with Gasteiger partial charge in [-0.2, -0.15) is 0 Å². The summed E-state index contributed by atoms with van der Waals surface area (Å²) in [6, 6.07) is 12.7. The van der Waals surface area contributed by atoms with Crippen molar-refractivity contribution in [3.8, 4) is 0 Å². The summed E-state index contributed by atoms with van der Waals surface area (Å²) < 4.78 is 0. The van der Waals surface area contributed by atoms with Gasteiger partial charge in [0.05, 0.1) is 4.88 Å². The van der Waals surface area contributed by atoms with E-state index in [4.69, 9.17) is 0 Å². The van der Waals surface area contributed by atoms with Crippen LogP contribution in [-0.4, -0.2) is 17.9 Å². The Balaban J connectivity index is 1.95. The summed E-state index contributed by atoms with van der Waals surface area (Å²) in [6.45, 7) is 4.29. The summed E-state index contributed by atoms with van der Waals surface area (Å²) in [4.78, 5) is 25.1. The Morgan fingerprint density at radius 3 is 2.41 bits per heavy atom. The minimum absolute atomic E-state index is 0.0136. The molecule has 0 fully saturated rings. The molecule has 1 unspecified atom stereocenters. The van der Waals surface area contributed by atoms with Crippen LogP contribution in [0.25, 0.3) is 0 Å². The first-order valence-electron chi connectivity index (χ1n) is 7.24. The largest absolute Gasteiger partial charge is 0.350 e. The summed E-state index contributed by atoms with van der Waals surface area (Å²) in [5.41, 5.74) is 1.03. The quantitative estimate of drug-likeness (QED) is 0.861. The lowest BCUT2D eigenvalue weighted by atomic mass is 10.0. The van der Waals surface area contributed by atoms with Crippen molar-refractivity contribution in [3.05, 3.63) is 58.3 Å². The summed E-state index contributed by atoms with van der Waals surface area (Å²) >= 11 is 1.36. The molecule has 116 valence electrons. The molecule has 2 N–H and O–H groups in total.